The monoisotopic (exact) mass is 168 g/mol. The number of nitrogens with zero attached hydrogens (tertiary/aromatic N) is 1. The molecule has 0 atom stereocenters. The second kappa shape index (κ2) is 4.04. The lowest BCUT2D eigenvalue weighted by Gasteiger charge is -2.17. The molecule has 2 aliphatic rings. The quantitative estimate of drug-likeness (QED) is 0.498. The first-order valence-electron chi connectivity index (χ1n) is 5.14. The maximum absolute atomic E-state index is 5.34. The van der Waals surface area contributed by atoms with Crippen LogP contribution in [-0.4, -0.2) is 36.6 Å². The van der Waals surface area contributed by atoms with E-state index in [1.54, 1.807) is 5.71 Å². The highest BCUT2D eigenvalue weighted by Gasteiger charge is 2.19. The van der Waals surface area contributed by atoms with Gasteiger partial charge in [-0.05, 0) is 12.8 Å². The minimum absolute atomic E-state index is 0.934. The number of ether oxygens (including phenoxy) is 1. The normalized spacial score (nSPS) is 26.0. The molecule has 1 saturated heterocycles. The van der Waals surface area contributed by atoms with Crippen LogP contribution in [0.1, 0.15) is 32.1 Å². The van der Waals surface area contributed by atoms with Crippen molar-refractivity contribution in [3.05, 3.63) is 0 Å². The standard InChI is InChI=1S/C10H18NO/c1-2-4-10(5-3-1)11-6-8-12-9-7-11/h1-9H2/q+1. The fraction of sp³-hybridized carbons (Fsp3) is 0.900. The van der Waals surface area contributed by atoms with E-state index in [-0.39, 0.29) is 0 Å². The summed E-state index contributed by atoms with van der Waals surface area (Å²) in [5, 5.41) is 0. The molecule has 2 nitrogen and oxygen atoms in total. The minimum Gasteiger partial charge on any atom is -0.368 e. The summed E-state index contributed by atoms with van der Waals surface area (Å²) in [6.07, 6.45) is 6.95. The summed E-state index contributed by atoms with van der Waals surface area (Å²) in [5.74, 6) is 0. The van der Waals surface area contributed by atoms with Crippen molar-refractivity contribution in [3.8, 4) is 0 Å². The molecule has 0 aromatic carbocycles. The van der Waals surface area contributed by atoms with Crippen molar-refractivity contribution in [3.63, 3.8) is 0 Å². The van der Waals surface area contributed by atoms with Crippen LogP contribution in [-0.2, 0) is 4.74 Å². The van der Waals surface area contributed by atoms with Gasteiger partial charge in [0.05, 0.1) is 0 Å². The highest BCUT2D eigenvalue weighted by molar-refractivity contribution is 5.80. The molecule has 2 fully saturated rings. The van der Waals surface area contributed by atoms with Crippen LogP contribution in [0, 0.1) is 0 Å². The van der Waals surface area contributed by atoms with Gasteiger partial charge >= 0.3 is 0 Å². The first kappa shape index (κ1) is 8.24. The Kier molecular flexibility index (Phi) is 2.77. The van der Waals surface area contributed by atoms with E-state index in [1.165, 1.54) is 32.1 Å². The van der Waals surface area contributed by atoms with Gasteiger partial charge in [0.25, 0.3) is 0 Å². The topological polar surface area (TPSA) is 12.2 Å². The fourth-order valence-electron chi connectivity index (χ4n) is 2.16. The van der Waals surface area contributed by atoms with Gasteiger partial charge in [-0.25, -0.2) is 4.58 Å². The molecule has 0 aromatic heterocycles. The van der Waals surface area contributed by atoms with E-state index in [0.717, 1.165) is 26.3 Å². The van der Waals surface area contributed by atoms with E-state index in [1.807, 2.05) is 0 Å². The summed E-state index contributed by atoms with van der Waals surface area (Å²) in [5.41, 5.74) is 1.70. The van der Waals surface area contributed by atoms with Crippen LogP contribution in [0.2, 0.25) is 0 Å². The third-order valence-electron chi connectivity index (χ3n) is 2.89. The maximum atomic E-state index is 5.34. The molecule has 0 amide bonds. The lowest BCUT2D eigenvalue weighted by atomic mass is 9.98. The van der Waals surface area contributed by atoms with Gasteiger partial charge < -0.3 is 4.74 Å². The van der Waals surface area contributed by atoms with Crippen LogP contribution in [0.3, 0.4) is 0 Å². The Balaban J connectivity index is 2.00. The fourth-order valence-corrected chi connectivity index (χ4v) is 2.16. The van der Waals surface area contributed by atoms with E-state index >= 15 is 0 Å². The van der Waals surface area contributed by atoms with Crippen molar-refractivity contribution < 1.29 is 9.31 Å². The number of rotatable bonds is 0. The molecular formula is C10H18NO+. The summed E-state index contributed by atoms with van der Waals surface area (Å²) in [4.78, 5) is 0. The van der Waals surface area contributed by atoms with Crippen LogP contribution in [0.25, 0.3) is 0 Å². The molecule has 1 aliphatic heterocycles. The third kappa shape index (κ3) is 1.86. The number of hydrogen-bond donors (Lipinski definition) is 0. The highest BCUT2D eigenvalue weighted by atomic mass is 16.5. The Morgan fingerprint density at radius 3 is 2.25 bits per heavy atom. The average molecular weight is 168 g/mol. The van der Waals surface area contributed by atoms with Gasteiger partial charge in [0, 0.05) is 12.8 Å². The Hall–Kier alpha value is -0.370. The van der Waals surface area contributed by atoms with Crippen LogP contribution < -0.4 is 0 Å². The van der Waals surface area contributed by atoms with E-state index in [4.69, 9.17) is 4.74 Å². The molecule has 0 N–H and O–H groups in total. The van der Waals surface area contributed by atoms with Crippen molar-refractivity contribution in [1.82, 2.24) is 0 Å². The second-order valence-corrected chi connectivity index (χ2v) is 3.73. The van der Waals surface area contributed by atoms with E-state index in [9.17, 15) is 0 Å². The van der Waals surface area contributed by atoms with Crippen LogP contribution in [0.5, 0.6) is 0 Å². The summed E-state index contributed by atoms with van der Waals surface area (Å²) in [6.45, 7) is 4.14. The zero-order valence-electron chi connectivity index (χ0n) is 7.72. The minimum atomic E-state index is 0.934. The summed E-state index contributed by atoms with van der Waals surface area (Å²) in [6, 6.07) is 0. The lowest BCUT2D eigenvalue weighted by molar-refractivity contribution is -0.551. The second-order valence-electron chi connectivity index (χ2n) is 3.73. The smallest absolute Gasteiger partial charge is 0.166 e. The Labute approximate surface area is 74.2 Å². The maximum Gasteiger partial charge on any atom is 0.166 e. The summed E-state index contributed by atoms with van der Waals surface area (Å²) >= 11 is 0. The molecule has 2 heteroatoms. The van der Waals surface area contributed by atoms with Gasteiger partial charge in [-0.2, -0.15) is 0 Å². The number of morpholine rings is 1. The van der Waals surface area contributed by atoms with Gasteiger partial charge in [0.1, 0.15) is 13.2 Å². The Morgan fingerprint density at radius 2 is 1.58 bits per heavy atom. The van der Waals surface area contributed by atoms with Gasteiger partial charge in [-0.3, -0.25) is 0 Å². The molecule has 68 valence electrons. The average Bonchev–Trinajstić information content (AvgIpc) is 2.21. The van der Waals surface area contributed by atoms with Crippen LogP contribution >= 0.6 is 0 Å². The molecule has 2 rings (SSSR count). The first-order chi connectivity index (χ1) is 5.97. The Bertz CT molecular complexity index is 150. The third-order valence-corrected chi connectivity index (χ3v) is 2.89. The van der Waals surface area contributed by atoms with Crippen molar-refractivity contribution in [2.75, 3.05) is 26.3 Å². The predicted octanol–water partition coefficient (Wildman–Crippen LogP) is 1.43. The highest BCUT2D eigenvalue weighted by Crippen LogP contribution is 2.15. The van der Waals surface area contributed by atoms with Crippen molar-refractivity contribution in [2.24, 2.45) is 0 Å². The van der Waals surface area contributed by atoms with Gasteiger partial charge in [0.15, 0.2) is 18.8 Å². The van der Waals surface area contributed by atoms with E-state index in [0.29, 0.717) is 0 Å². The number of hydrogen-bond acceptors (Lipinski definition) is 1. The summed E-state index contributed by atoms with van der Waals surface area (Å²) < 4.78 is 7.88. The molecule has 1 heterocycles. The van der Waals surface area contributed by atoms with Crippen LogP contribution in [0.15, 0.2) is 0 Å². The first-order valence-corrected chi connectivity index (χ1v) is 5.14. The van der Waals surface area contributed by atoms with Gasteiger partial charge in [-0.1, -0.05) is 6.42 Å². The largest absolute Gasteiger partial charge is 0.368 e. The molecule has 1 saturated carbocycles. The van der Waals surface area contributed by atoms with E-state index < -0.39 is 0 Å². The molecule has 0 aromatic rings. The SMILES string of the molecule is C1CCC(=[N+]2CCOCC2)CC1. The van der Waals surface area contributed by atoms with Crippen molar-refractivity contribution >= 4 is 5.71 Å². The lowest BCUT2D eigenvalue weighted by Crippen LogP contribution is -2.34. The molecular weight excluding hydrogens is 150 g/mol. The summed E-state index contributed by atoms with van der Waals surface area (Å²) in [7, 11) is 0. The van der Waals surface area contributed by atoms with Crippen molar-refractivity contribution in [2.45, 2.75) is 32.1 Å². The van der Waals surface area contributed by atoms with Gasteiger partial charge in [0.2, 0.25) is 0 Å². The van der Waals surface area contributed by atoms with Crippen molar-refractivity contribution in [1.29, 1.82) is 0 Å². The Morgan fingerprint density at radius 1 is 0.917 bits per heavy atom. The molecule has 0 unspecified atom stereocenters. The zero-order chi connectivity index (χ0) is 8.23. The molecule has 12 heavy (non-hydrogen) atoms. The predicted molar refractivity (Wildman–Crippen MR) is 48.9 cm³/mol. The van der Waals surface area contributed by atoms with Gasteiger partial charge in [-0.15, -0.1) is 0 Å². The van der Waals surface area contributed by atoms with Crippen LogP contribution in [0.4, 0.5) is 0 Å². The molecule has 0 bridgehead atoms. The molecule has 1 aliphatic carbocycles. The van der Waals surface area contributed by atoms with E-state index in [2.05, 4.69) is 4.58 Å². The molecule has 0 radical (unpaired) electrons. The zero-order valence-corrected chi connectivity index (χ0v) is 7.72. The molecule has 0 spiro atoms.